The molecule has 2 N–H and O–H groups in total. The minimum absolute atomic E-state index is 0.102. The van der Waals surface area contributed by atoms with Crippen LogP contribution in [0, 0.1) is 0 Å². The minimum Gasteiger partial charge on any atom is -0.447 e. The molecule has 29 heavy (non-hydrogen) atoms. The van der Waals surface area contributed by atoms with E-state index in [4.69, 9.17) is 4.74 Å². The second-order valence-electron chi connectivity index (χ2n) is 9.09. The van der Waals surface area contributed by atoms with E-state index in [0.29, 0.717) is 6.04 Å². The topological polar surface area (TPSA) is 70.7 Å². The molecule has 158 valence electrons. The first-order chi connectivity index (χ1) is 14.0. The van der Waals surface area contributed by atoms with Crippen molar-refractivity contribution in [1.29, 1.82) is 0 Å². The summed E-state index contributed by atoms with van der Waals surface area (Å²) in [6.45, 7) is 5.60. The number of amides is 2. The summed E-state index contributed by atoms with van der Waals surface area (Å²) >= 11 is 0. The van der Waals surface area contributed by atoms with Crippen molar-refractivity contribution in [3.05, 3.63) is 29.8 Å². The van der Waals surface area contributed by atoms with Crippen LogP contribution in [0.15, 0.2) is 24.3 Å². The van der Waals surface area contributed by atoms with Crippen molar-refractivity contribution >= 4 is 17.7 Å². The van der Waals surface area contributed by atoms with Gasteiger partial charge in [-0.05, 0) is 70.7 Å². The number of hydrogen-bond donors (Lipinski definition) is 2. The van der Waals surface area contributed by atoms with Gasteiger partial charge in [-0.2, -0.15) is 0 Å². The molecule has 1 spiro atoms. The van der Waals surface area contributed by atoms with Gasteiger partial charge in [0.2, 0.25) is 5.91 Å². The molecule has 2 aliphatic heterocycles. The zero-order valence-corrected chi connectivity index (χ0v) is 17.6. The maximum absolute atomic E-state index is 12.8. The van der Waals surface area contributed by atoms with Crippen LogP contribution < -0.4 is 10.6 Å². The highest BCUT2D eigenvalue weighted by Crippen LogP contribution is 2.45. The summed E-state index contributed by atoms with van der Waals surface area (Å²) in [7, 11) is 0. The van der Waals surface area contributed by atoms with Crippen LogP contribution in [0.1, 0.15) is 64.4 Å². The molecule has 2 unspecified atom stereocenters. The molecule has 2 amide bonds. The molecule has 1 aliphatic carbocycles. The predicted octanol–water partition coefficient (Wildman–Crippen LogP) is 3.81. The van der Waals surface area contributed by atoms with Gasteiger partial charge in [0.1, 0.15) is 0 Å². The average molecular weight is 400 g/mol. The molecular formula is C23H33N3O3. The Hall–Kier alpha value is -2.08. The fourth-order valence-corrected chi connectivity index (χ4v) is 5.35. The van der Waals surface area contributed by atoms with E-state index in [-0.39, 0.29) is 29.6 Å². The van der Waals surface area contributed by atoms with Crippen LogP contribution in [0.5, 0.6) is 0 Å². The minimum atomic E-state index is -0.365. The van der Waals surface area contributed by atoms with Gasteiger partial charge in [-0.3, -0.25) is 4.79 Å². The number of carbonyl (C=O) groups is 2. The van der Waals surface area contributed by atoms with Crippen molar-refractivity contribution in [1.82, 2.24) is 10.2 Å². The number of anilines is 1. The molecule has 0 aromatic heterocycles. The van der Waals surface area contributed by atoms with Gasteiger partial charge >= 0.3 is 6.09 Å². The number of alkyl carbamates (subject to hydrolysis) is 1. The molecule has 2 heterocycles. The van der Waals surface area contributed by atoms with Gasteiger partial charge in [0, 0.05) is 17.8 Å². The Morgan fingerprint density at radius 2 is 1.93 bits per heavy atom. The number of nitrogens with one attached hydrogen (secondary N) is 2. The van der Waals surface area contributed by atoms with E-state index in [2.05, 4.69) is 21.6 Å². The number of carbonyl (C=O) groups excluding carboxylic acids is 2. The molecule has 3 aliphatic rings. The number of fused-ring (bicyclic) bond motifs is 2. The van der Waals surface area contributed by atoms with Gasteiger partial charge in [-0.25, -0.2) is 4.79 Å². The summed E-state index contributed by atoms with van der Waals surface area (Å²) < 4.78 is 5.27. The molecule has 1 saturated carbocycles. The Kier molecular flexibility index (Phi) is 5.81. The Morgan fingerprint density at radius 1 is 1.21 bits per heavy atom. The lowest BCUT2D eigenvalue weighted by Crippen LogP contribution is -2.51. The first kappa shape index (κ1) is 20.2. The quantitative estimate of drug-likeness (QED) is 0.759. The van der Waals surface area contributed by atoms with Crippen molar-refractivity contribution in [2.24, 2.45) is 0 Å². The van der Waals surface area contributed by atoms with Crippen molar-refractivity contribution in [3.8, 4) is 0 Å². The summed E-state index contributed by atoms with van der Waals surface area (Å²) in [5, 5.41) is 6.16. The first-order valence-corrected chi connectivity index (χ1v) is 11.1. The Labute approximate surface area is 173 Å². The molecule has 4 rings (SSSR count). The SMILES string of the molecule is CC(C)OC(=O)NC1CCCCC(N2CCC3(CC2)C(=O)Nc2ccccc23)C1. The second-order valence-corrected chi connectivity index (χ2v) is 9.09. The zero-order valence-electron chi connectivity index (χ0n) is 17.6. The van der Waals surface area contributed by atoms with Crippen LogP contribution in [0.25, 0.3) is 0 Å². The molecule has 2 atom stereocenters. The summed E-state index contributed by atoms with van der Waals surface area (Å²) in [6, 6.07) is 8.75. The number of nitrogens with zero attached hydrogens (tertiary/aromatic N) is 1. The van der Waals surface area contributed by atoms with Crippen molar-refractivity contribution in [2.45, 2.75) is 82.4 Å². The Bertz CT molecular complexity index is 755. The lowest BCUT2D eigenvalue weighted by Gasteiger charge is -2.42. The van der Waals surface area contributed by atoms with Crippen LogP contribution in [0.2, 0.25) is 0 Å². The van der Waals surface area contributed by atoms with Gasteiger partial charge < -0.3 is 20.3 Å². The fourth-order valence-electron chi connectivity index (χ4n) is 5.35. The predicted molar refractivity (Wildman–Crippen MR) is 113 cm³/mol. The maximum Gasteiger partial charge on any atom is 0.407 e. The maximum atomic E-state index is 12.8. The molecule has 0 radical (unpaired) electrons. The van der Waals surface area contributed by atoms with Gasteiger partial charge in [0.15, 0.2) is 0 Å². The second kappa shape index (κ2) is 8.34. The molecule has 1 aromatic carbocycles. The summed E-state index contributed by atoms with van der Waals surface area (Å²) in [5.41, 5.74) is 1.78. The highest BCUT2D eigenvalue weighted by molar-refractivity contribution is 6.06. The van der Waals surface area contributed by atoms with Crippen LogP contribution in [-0.2, 0) is 14.9 Å². The van der Waals surface area contributed by atoms with E-state index < -0.39 is 0 Å². The highest BCUT2D eigenvalue weighted by atomic mass is 16.6. The molecular weight excluding hydrogens is 366 g/mol. The van der Waals surface area contributed by atoms with Gasteiger partial charge in [0.05, 0.1) is 11.5 Å². The lowest BCUT2D eigenvalue weighted by atomic mass is 9.73. The third kappa shape index (κ3) is 4.13. The van der Waals surface area contributed by atoms with Crippen LogP contribution in [-0.4, -0.2) is 48.2 Å². The van der Waals surface area contributed by atoms with Gasteiger partial charge in [-0.15, -0.1) is 0 Å². The third-order valence-electron chi connectivity index (χ3n) is 6.85. The molecule has 0 bridgehead atoms. The van der Waals surface area contributed by atoms with E-state index in [9.17, 15) is 9.59 Å². The lowest BCUT2D eigenvalue weighted by molar-refractivity contribution is -0.122. The van der Waals surface area contributed by atoms with E-state index in [1.165, 1.54) is 12.0 Å². The van der Waals surface area contributed by atoms with Crippen molar-refractivity contribution < 1.29 is 14.3 Å². The third-order valence-corrected chi connectivity index (χ3v) is 6.85. The number of para-hydroxylation sites is 1. The number of benzene rings is 1. The van der Waals surface area contributed by atoms with Crippen molar-refractivity contribution in [3.63, 3.8) is 0 Å². The largest absolute Gasteiger partial charge is 0.447 e. The van der Waals surface area contributed by atoms with Crippen molar-refractivity contribution in [2.75, 3.05) is 18.4 Å². The monoisotopic (exact) mass is 399 g/mol. The number of rotatable bonds is 3. The molecule has 2 fully saturated rings. The summed E-state index contributed by atoms with van der Waals surface area (Å²) in [5.74, 6) is 0.162. The molecule has 6 nitrogen and oxygen atoms in total. The zero-order chi connectivity index (χ0) is 20.4. The molecule has 6 heteroatoms. The smallest absolute Gasteiger partial charge is 0.407 e. The number of hydrogen-bond acceptors (Lipinski definition) is 4. The van der Waals surface area contributed by atoms with E-state index in [1.807, 2.05) is 32.0 Å². The van der Waals surface area contributed by atoms with Crippen LogP contribution >= 0.6 is 0 Å². The number of ether oxygens (including phenoxy) is 1. The molecule has 1 saturated heterocycles. The average Bonchev–Trinajstić information content (AvgIpc) is 2.83. The van der Waals surface area contributed by atoms with Gasteiger partial charge in [-0.1, -0.05) is 31.0 Å². The fraction of sp³-hybridized carbons (Fsp3) is 0.652. The number of likely N-dealkylation sites (tertiary alicyclic amines) is 1. The van der Waals surface area contributed by atoms with Crippen LogP contribution in [0.4, 0.5) is 10.5 Å². The van der Waals surface area contributed by atoms with E-state index in [1.54, 1.807) is 0 Å². The Morgan fingerprint density at radius 3 is 2.69 bits per heavy atom. The summed E-state index contributed by atoms with van der Waals surface area (Å²) in [4.78, 5) is 27.4. The van der Waals surface area contributed by atoms with E-state index >= 15 is 0 Å². The van der Waals surface area contributed by atoms with Crippen LogP contribution in [0.3, 0.4) is 0 Å². The molecule has 1 aromatic rings. The first-order valence-electron chi connectivity index (χ1n) is 11.1. The van der Waals surface area contributed by atoms with E-state index in [0.717, 1.165) is 57.3 Å². The number of piperidine rings is 1. The Balaban J connectivity index is 1.39. The van der Waals surface area contributed by atoms with Gasteiger partial charge in [0.25, 0.3) is 0 Å². The summed E-state index contributed by atoms with van der Waals surface area (Å²) in [6.07, 6.45) is 6.77. The standard InChI is InChI=1S/C23H33N3O3/c1-16(2)29-22(28)24-17-7-3-4-8-18(15-17)26-13-11-23(12-14-26)19-9-5-6-10-20(19)25-21(23)27/h5-6,9-10,16-18H,3-4,7-8,11-15H2,1-2H3,(H,24,28)(H,25,27). The highest BCUT2D eigenvalue weighted by Gasteiger charge is 2.48. The normalized spacial score (nSPS) is 26.7.